The Hall–Kier alpha value is -1.60. The number of ether oxygens (including phenoxy) is 1. The minimum absolute atomic E-state index is 0.376. The van der Waals surface area contributed by atoms with E-state index >= 15 is 0 Å². The van der Waals surface area contributed by atoms with Gasteiger partial charge in [0.25, 0.3) is 0 Å². The van der Waals surface area contributed by atoms with E-state index in [2.05, 4.69) is 11.6 Å². The van der Waals surface area contributed by atoms with Crippen LogP contribution in [0.15, 0.2) is 30.9 Å². The summed E-state index contributed by atoms with van der Waals surface area (Å²) in [7, 11) is 0. The molecule has 3 nitrogen and oxygen atoms in total. The topological polar surface area (TPSA) is 29.9 Å². The van der Waals surface area contributed by atoms with Gasteiger partial charge in [0.1, 0.15) is 0 Å². The summed E-state index contributed by atoms with van der Waals surface area (Å²) < 4.78 is 45.5. The molecule has 0 fully saturated rings. The van der Waals surface area contributed by atoms with E-state index in [4.69, 9.17) is 17.0 Å². The number of imidazole rings is 1. The van der Waals surface area contributed by atoms with Gasteiger partial charge in [0.2, 0.25) is 0 Å². The molecule has 0 radical (unpaired) electrons. The van der Waals surface area contributed by atoms with E-state index in [-0.39, 0.29) is 0 Å². The molecule has 7 heteroatoms. The highest BCUT2D eigenvalue weighted by Crippen LogP contribution is 2.31. The van der Waals surface area contributed by atoms with Crippen molar-refractivity contribution in [1.29, 1.82) is 0 Å². The zero-order valence-corrected chi connectivity index (χ0v) is 12.1. The Bertz CT molecular complexity index is 688. The molecule has 0 aliphatic carbocycles. The third-order valence-corrected chi connectivity index (χ3v) is 3.35. The van der Waals surface area contributed by atoms with Crippen LogP contribution >= 0.6 is 12.2 Å². The normalized spacial score (nSPS) is 12.0. The van der Waals surface area contributed by atoms with Crippen molar-refractivity contribution in [3.8, 4) is 0 Å². The zero-order chi connectivity index (χ0) is 15.5. The molecule has 2 rings (SSSR count). The van der Waals surface area contributed by atoms with E-state index in [1.807, 2.05) is 0 Å². The second-order valence-corrected chi connectivity index (χ2v) is 4.89. The van der Waals surface area contributed by atoms with Gasteiger partial charge in [0.15, 0.2) is 4.77 Å². The summed E-state index contributed by atoms with van der Waals surface area (Å²) in [6.45, 7) is 5.09. The lowest BCUT2D eigenvalue weighted by molar-refractivity contribution is -0.137. The number of halogens is 3. The van der Waals surface area contributed by atoms with Crippen molar-refractivity contribution in [3.05, 3.63) is 41.2 Å². The highest BCUT2D eigenvalue weighted by atomic mass is 32.1. The average molecular weight is 316 g/mol. The van der Waals surface area contributed by atoms with Crippen molar-refractivity contribution in [2.75, 3.05) is 13.2 Å². The quantitative estimate of drug-likeness (QED) is 0.489. The van der Waals surface area contributed by atoms with Gasteiger partial charge in [-0.25, -0.2) is 0 Å². The van der Waals surface area contributed by atoms with Crippen molar-refractivity contribution in [2.45, 2.75) is 19.1 Å². The lowest BCUT2D eigenvalue weighted by atomic mass is 10.2. The van der Waals surface area contributed by atoms with E-state index in [1.165, 1.54) is 6.07 Å². The Labute approximate surface area is 125 Å². The van der Waals surface area contributed by atoms with Gasteiger partial charge in [-0.15, -0.1) is 6.58 Å². The molecule has 0 saturated heterocycles. The monoisotopic (exact) mass is 316 g/mol. The van der Waals surface area contributed by atoms with Gasteiger partial charge in [-0.1, -0.05) is 6.08 Å². The van der Waals surface area contributed by atoms with E-state index in [1.54, 1.807) is 10.6 Å². The fourth-order valence-corrected chi connectivity index (χ4v) is 2.29. The second kappa shape index (κ2) is 6.44. The molecule has 0 saturated carbocycles. The maximum absolute atomic E-state index is 12.7. The molecule has 0 bridgehead atoms. The van der Waals surface area contributed by atoms with Gasteiger partial charge in [-0.05, 0) is 36.8 Å². The molecule has 0 spiro atoms. The molecule has 1 N–H and O–H groups in total. The standard InChI is InChI=1S/C14H15F3N2OS/c1-2-3-7-20-8-6-19-12-5-4-10(14(15,16)17)9-11(12)18-13(19)21/h2,4-5,9H,1,3,6-8H2,(H,18,21). The van der Waals surface area contributed by atoms with Crippen LogP contribution in [0.3, 0.4) is 0 Å². The molecule has 1 aromatic carbocycles. The summed E-state index contributed by atoms with van der Waals surface area (Å²) in [5.74, 6) is 0. The molecule has 2 aromatic rings. The summed E-state index contributed by atoms with van der Waals surface area (Å²) in [5.41, 5.74) is 0.321. The number of nitrogens with zero attached hydrogens (tertiary/aromatic N) is 1. The maximum atomic E-state index is 12.7. The smallest absolute Gasteiger partial charge is 0.379 e. The van der Waals surface area contributed by atoms with Crippen LogP contribution in [0.25, 0.3) is 11.0 Å². The van der Waals surface area contributed by atoms with Crippen LogP contribution in [0.4, 0.5) is 13.2 Å². The van der Waals surface area contributed by atoms with Crippen molar-refractivity contribution >= 4 is 23.3 Å². The Morgan fingerprint density at radius 1 is 1.33 bits per heavy atom. The first-order valence-corrected chi connectivity index (χ1v) is 6.82. The maximum Gasteiger partial charge on any atom is 0.416 e. The number of hydrogen-bond acceptors (Lipinski definition) is 2. The SMILES string of the molecule is C=CCCOCCn1c(=S)[nH]c2cc(C(F)(F)F)ccc21. The predicted octanol–water partition coefficient (Wildman–Crippen LogP) is 4.31. The lowest BCUT2D eigenvalue weighted by Crippen LogP contribution is -2.07. The number of aromatic amines is 1. The summed E-state index contributed by atoms with van der Waals surface area (Å²) >= 11 is 5.14. The Kier molecular flexibility index (Phi) is 4.84. The van der Waals surface area contributed by atoms with Crippen LogP contribution in [0.1, 0.15) is 12.0 Å². The number of nitrogens with one attached hydrogen (secondary N) is 1. The van der Waals surface area contributed by atoms with Crippen molar-refractivity contribution in [1.82, 2.24) is 9.55 Å². The van der Waals surface area contributed by atoms with E-state index in [0.29, 0.717) is 35.6 Å². The van der Waals surface area contributed by atoms with Crippen LogP contribution in [0.2, 0.25) is 0 Å². The number of benzene rings is 1. The third kappa shape index (κ3) is 3.74. The molecule has 0 amide bonds. The lowest BCUT2D eigenvalue weighted by Gasteiger charge is -2.08. The van der Waals surface area contributed by atoms with E-state index in [9.17, 15) is 13.2 Å². The van der Waals surface area contributed by atoms with Gasteiger partial charge in [-0.3, -0.25) is 0 Å². The number of H-pyrrole nitrogens is 1. The van der Waals surface area contributed by atoms with Gasteiger partial charge >= 0.3 is 6.18 Å². The molecule has 0 unspecified atom stereocenters. The van der Waals surface area contributed by atoms with E-state index in [0.717, 1.165) is 18.6 Å². The predicted molar refractivity (Wildman–Crippen MR) is 77.8 cm³/mol. The Balaban J connectivity index is 2.19. The number of hydrogen-bond donors (Lipinski definition) is 1. The highest BCUT2D eigenvalue weighted by Gasteiger charge is 2.30. The summed E-state index contributed by atoms with van der Waals surface area (Å²) in [6.07, 6.45) is -1.84. The number of fused-ring (bicyclic) bond motifs is 1. The van der Waals surface area contributed by atoms with Crippen molar-refractivity contribution in [3.63, 3.8) is 0 Å². The van der Waals surface area contributed by atoms with Crippen LogP contribution < -0.4 is 0 Å². The minimum atomic E-state index is -4.36. The van der Waals surface area contributed by atoms with Crippen molar-refractivity contribution in [2.24, 2.45) is 0 Å². The first-order chi connectivity index (χ1) is 9.93. The van der Waals surface area contributed by atoms with Crippen LogP contribution in [-0.4, -0.2) is 22.8 Å². The fraction of sp³-hybridized carbons (Fsp3) is 0.357. The van der Waals surface area contributed by atoms with Crippen LogP contribution in [0, 0.1) is 4.77 Å². The Morgan fingerprint density at radius 2 is 2.10 bits per heavy atom. The molecule has 0 aliphatic heterocycles. The molecule has 1 heterocycles. The highest BCUT2D eigenvalue weighted by molar-refractivity contribution is 7.71. The third-order valence-electron chi connectivity index (χ3n) is 3.03. The summed E-state index contributed by atoms with van der Waals surface area (Å²) in [6, 6.07) is 3.55. The first kappa shape index (κ1) is 15.8. The average Bonchev–Trinajstić information content (AvgIpc) is 2.73. The van der Waals surface area contributed by atoms with Gasteiger partial charge in [0, 0.05) is 6.54 Å². The van der Waals surface area contributed by atoms with Crippen molar-refractivity contribution < 1.29 is 17.9 Å². The Morgan fingerprint density at radius 3 is 2.76 bits per heavy atom. The summed E-state index contributed by atoms with van der Waals surface area (Å²) in [4.78, 5) is 2.80. The largest absolute Gasteiger partial charge is 0.416 e. The van der Waals surface area contributed by atoms with Gasteiger partial charge in [-0.2, -0.15) is 13.2 Å². The number of rotatable bonds is 6. The number of alkyl halides is 3. The van der Waals surface area contributed by atoms with Gasteiger partial charge in [0.05, 0.1) is 29.8 Å². The van der Waals surface area contributed by atoms with Gasteiger partial charge < -0.3 is 14.3 Å². The minimum Gasteiger partial charge on any atom is -0.379 e. The zero-order valence-electron chi connectivity index (χ0n) is 11.2. The molecule has 0 atom stereocenters. The van der Waals surface area contributed by atoms with Crippen LogP contribution in [-0.2, 0) is 17.5 Å². The molecule has 0 aliphatic rings. The number of aromatic nitrogens is 2. The fourth-order valence-electron chi connectivity index (χ4n) is 1.99. The van der Waals surface area contributed by atoms with Crippen LogP contribution in [0.5, 0.6) is 0 Å². The first-order valence-electron chi connectivity index (χ1n) is 6.42. The summed E-state index contributed by atoms with van der Waals surface area (Å²) in [5, 5.41) is 0. The molecular weight excluding hydrogens is 301 g/mol. The molecular formula is C14H15F3N2OS. The molecule has 21 heavy (non-hydrogen) atoms. The second-order valence-electron chi connectivity index (χ2n) is 4.50. The molecule has 114 valence electrons. The van der Waals surface area contributed by atoms with E-state index < -0.39 is 11.7 Å². The molecule has 1 aromatic heterocycles.